The maximum atomic E-state index is 9.92. The molecule has 1 aliphatic carbocycles. The van der Waals surface area contributed by atoms with Gasteiger partial charge in [-0.25, -0.2) is 4.98 Å². The molecule has 4 aromatic rings. The van der Waals surface area contributed by atoms with Crippen molar-refractivity contribution < 1.29 is 14.6 Å². The molecule has 5 rings (SSSR count). The molecule has 0 bridgehead atoms. The number of aliphatic hydroxyl groups is 1. The van der Waals surface area contributed by atoms with Crippen molar-refractivity contribution in [2.75, 3.05) is 19.5 Å². The van der Waals surface area contributed by atoms with E-state index in [9.17, 15) is 5.11 Å². The lowest BCUT2D eigenvalue weighted by molar-refractivity contribution is 0.211. The van der Waals surface area contributed by atoms with Gasteiger partial charge in [0.05, 0.1) is 38.7 Å². The number of methoxy groups -OCH3 is 2. The van der Waals surface area contributed by atoms with E-state index in [-0.39, 0.29) is 17.4 Å². The lowest BCUT2D eigenvalue weighted by Crippen LogP contribution is -2.14. The van der Waals surface area contributed by atoms with Crippen LogP contribution in [0.3, 0.4) is 0 Å². The van der Waals surface area contributed by atoms with Gasteiger partial charge in [-0.3, -0.25) is 0 Å². The van der Waals surface area contributed by atoms with Crippen LogP contribution >= 0.6 is 11.6 Å². The molecular formula is C25H24ClN5O3. The fraction of sp³-hybridized carbons (Fsp3) is 0.240. The Kier molecular flexibility index (Phi) is 6.08. The number of hydrogen-bond acceptors (Lipinski definition) is 7. The minimum absolute atomic E-state index is 0.0437. The monoisotopic (exact) mass is 477 g/mol. The molecule has 2 heterocycles. The number of allylic oxidation sites excluding steroid dienone is 1. The number of ether oxygens (including phenoxy) is 2. The zero-order valence-corrected chi connectivity index (χ0v) is 19.5. The van der Waals surface area contributed by atoms with Gasteiger partial charge in [0.1, 0.15) is 11.5 Å². The van der Waals surface area contributed by atoms with Crippen molar-refractivity contribution in [3.63, 3.8) is 0 Å². The summed E-state index contributed by atoms with van der Waals surface area (Å²) in [6.45, 7) is 0. The van der Waals surface area contributed by atoms with Gasteiger partial charge in [0.15, 0.2) is 17.0 Å². The summed E-state index contributed by atoms with van der Waals surface area (Å²) in [5.41, 5.74) is 3.23. The van der Waals surface area contributed by atoms with Gasteiger partial charge < -0.3 is 24.5 Å². The number of hydrogen-bond donors (Lipinski definition) is 2. The lowest BCUT2D eigenvalue weighted by Gasteiger charge is -2.21. The van der Waals surface area contributed by atoms with E-state index in [1.165, 1.54) is 0 Å². The zero-order valence-electron chi connectivity index (χ0n) is 18.7. The normalized spacial score (nSPS) is 17.4. The summed E-state index contributed by atoms with van der Waals surface area (Å²) >= 11 is 6.34. The quantitative estimate of drug-likeness (QED) is 0.297. The van der Waals surface area contributed by atoms with Crippen molar-refractivity contribution in [3.8, 4) is 11.5 Å². The average Bonchev–Trinajstić information content (AvgIpc) is 3.48. The van der Waals surface area contributed by atoms with E-state index in [1.807, 2.05) is 59.2 Å². The van der Waals surface area contributed by atoms with Crippen molar-refractivity contribution in [2.24, 2.45) is 0 Å². The smallest absolute Gasteiger partial charge is 0.226 e. The van der Waals surface area contributed by atoms with Gasteiger partial charge in [-0.05, 0) is 47.0 Å². The molecule has 34 heavy (non-hydrogen) atoms. The van der Waals surface area contributed by atoms with Crippen molar-refractivity contribution in [2.45, 2.75) is 24.6 Å². The van der Waals surface area contributed by atoms with Gasteiger partial charge in [-0.1, -0.05) is 36.4 Å². The summed E-state index contributed by atoms with van der Waals surface area (Å²) < 4.78 is 12.6. The van der Waals surface area contributed by atoms with Crippen LogP contribution in [0.4, 0.5) is 5.82 Å². The predicted octanol–water partition coefficient (Wildman–Crippen LogP) is 4.56. The molecule has 0 saturated heterocycles. The molecule has 0 radical (unpaired) electrons. The van der Waals surface area contributed by atoms with Gasteiger partial charge in [-0.15, -0.1) is 0 Å². The van der Waals surface area contributed by atoms with E-state index in [1.54, 1.807) is 26.6 Å². The molecule has 8 nitrogen and oxygen atoms in total. The number of nitrogens with zero attached hydrogens (tertiary/aromatic N) is 4. The minimum Gasteiger partial charge on any atom is -0.497 e. The highest BCUT2D eigenvalue weighted by atomic mass is 35.5. The number of aliphatic hydroxyl groups excluding tert-OH is 1. The molecular weight excluding hydrogens is 454 g/mol. The molecule has 0 aliphatic heterocycles. The second kappa shape index (κ2) is 9.32. The van der Waals surface area contributed by atoms with E-state index in [0.29, 0.717) is 23.4 Å². The number of benzene rings is 2. The molecule has 1 aliphatic rings. The topological polar surface area (TPSA) is 94.3 Å². The summed E-state index contributed by atoms with van der Waals surface area (Å²) in [6.07, 6.45) is 5.53. The number of halogens is 1. The van der Waals surface area contributed by atoms with E-state index < -0.39 is 6.10 Å². The summed E-state index contributed by atoms with van der Waals surface area (Å²) in [5, 5.41) is 13.6. The molecule has 9 heteroatoms. The number of anilines is 1. The van der Waals surface area contributed by atoms with E-state index in [4.69, 9.17) is 21.1 Å². The van der Waals surface area contributed by atoms with E-state index in [2.05, 4.69) is 20.3 Å². The standard InChI is InChI=1S/C25H24ClN5O3/c1-33-19-9-3-15(4-10-19)21(16-5-11-20(34-2)12-6-16)28-23-22-24(30-25(26)29-23)31(14-27-22)17-7-8-18(32)13-17/h3-12,14,17-18,21,32H,13H2,1-2H3,(H,28,29,30). The minimum atomic E-state index is -0.480. The molecule has 2 aromatic heterocycles. The van der Waals surface area contributed by atoms with Crippen LogP contribution < -0.4 is 14.8 Å². The Hall–Kier alpha value is -3.62. The van der Waals surface area contributed by atoms with Crippen molar-refractivity contribution in [3.05, 3.63) is 83.4 Å². The van der Waals surface area contributed by atoms with Crippen molar-refractivity contribution >= 4 is 28.6 Å². The molecule has 2 unspecified atom stereocenters. The Labute approximate surface area is 201 Å². The van der Waals surface area contributed by atoms with E-state index in [0.717, 1.165) is 22.6 Å². The number of fused-ring (bicyclic) bond motifs is 1. The lowest BCUT2D eigenvalue weighted by atomic mass is 9.98. The SMILES string of the molecule is COc1ccc(C(Nc2nc(Cl)nc3c2ncn3C2C=CC(O)C2)c2ccc(OC)cc2)cc1. The molecule has 2 atom stereocenters. The van der Waals surface area contributed by atoms with Gasteiger partial charge in [-0.2, -0.15) is 9.97 Å². The summed E-state index contributed by atoms with van der Waals surface area (Å²) in [6, 6.07) is 15.4. The highest BCUT2D eigenvalue weighted by Gasteiger charge is 2.24. The maximum absolute atomic E-state index is 9.92. The van der Waals surface area contributed by atoms with Crippen LogP contribution in [0.25, 0.3) is 11.2 Å². The summed E-state index contributed by atoms with van der Waals surface area (Å²) in [4.78, 5) is 13.5. The van der Waals surface area contributed by atoms with Gasteiger partial charge >= 0.3 is 0 Å². The van der Waals surface area contributed by atoms with Gasteiger partial charge in [0, 0.05) is 6.42 Å². The third kappa shape index (κ3) is 4.30. The molecule has 2 aromatic carbocycles. The molecule has 174 valence electrons. The number of nitrogens with one attached hydrogen (secondary N) is 1. The van der Waals surface area contributed by atoms with Crippen LogP contribution in [0.15, 0.2) is 67.0 Å². The Morgan fingerprint density at radius 2 is 1.59 bits per heavy atom. The van der Waals surface area contributed by atoms with Crippen LogP contribution in [0.5, 0.6) is 11.5 Å². The first-order valence-electron chi connectivity index (χ1n) is 10.9. The van der Waals surface area contributed by atoms with Crippen LogP contribution in [0, 0.1) is 0 Å². The molecule has 0 saturated carbocycles. The van der Waals surface area contributed by atoms with Gasteiger partial charge in [0.2, 0.25) is 5.28 Å². The molecule has 0 amide bonds. The van der Waals surface area contributed by atoms with Crippen LogP contribution in [-0.4, -0.2) is 44.9 Å². The second-order valence-corrected chi connectivity index (χ2v) is 8.38. The predicted molar refractivity (Wildman–Crippen MR) is 131 cm³/mol. The third-order valence-electron chi connectivity index (χ3n) is 5.97. The number of imidazole rings is 1. The maximum Gasteiger partial charge on any atom is 0.226 e. The van der Waals surface area contributed by atoms with Crippen molar-refractivity contribution in [1.82, 2.24) is 19.5 Å². The first-order chi connectivity index (χ1) is 16.6. The van der Waals surface area contributed by atoms with Crippen LogP contribution in [0.2, 0.25) is 5.28 Å². The number of aromatic nitrogens is 4. The van der Waals surface area contributed by atoms with Crippen LogP contribution in [-0.2, 0) is 0 Å². The zero-order chi connectivity index (χ0) is 23.7. The number of rotatable bonds is 7. The average molecular weight is 478 g/mol. The van der Waals surface area contributed by atoms with Crippen LogP contribution in [0.1, 0.15) is 29.6 Å². The fourth-order valence-corrected chi connectivity index (χ4v) is 4.35. The molecule has 0 fully saturated rings. The van der Waals surface area contributed by atoms with Crippen molar-refractivity contribution in [1.29, 1.82) is 0 Å². The van der Waals surface area contributed by atoms with Gasteiger partial charge in [0.25, 0.3) is 0 Å². The van der Waals surface area contributed by atoms with E-state index >= 15 is 0 Å². The molecule has 0 spiro atoms. The third-order valence-corrected chi connectivity index (χ3v) is 6.14. The Morgan fingerprint density at radius 1 is 0.971 bits per heavy atom. The Morgan fingerprint density at radius 3 is 2.12 bits per heavy atom. The summed E-state index contributed by atoms with van der Waals surface area (Å²) in [7, 11) is 3.28. The highest BCUT2D eigenvalue weighted by molar-refractivity contribution is 6.28. The first-order valence-corrected chi connectivity index (χ1v) is 11.2. The largest absolute Gasteiger partial charge is 0.497 e. The highest BCUT2D eigenvalue weighted by Crippen LogP contribution is 2.33. The Balaban J connectivity index is 1.56. The first kappa shape index (κ1) is 22.2. The summed E-state index contributed by atoms with van der Waals surface area (Å²) in [5.74, 6) is 2.07. The fourth-order valence-electron chi connectivity index (χ4n) is 4.19. The molecule has 2 N–H and O–H groups in total. The second-order valence-electron chi connectivity index (χ2n) is 8.04. The Bertz CT molecular complexity index is 1270.